The van der Waals surface area contributed by atoms with Crippen LogP contribution in [0.2, 0.25) is 0 Å². The Labute approximate surface area is 110 Å². The van der Waals surface area contributed by atoms with E-state index in [1.807, 2.05) is 6.07 Å². The molecule has 0 spiro atoms. The maximum atomic E-state index is 12.2. The summed E-state index contributed by atoms with van der Waals surface area (Å²) < 4.78 is 24.4. The Morgan fingerprint density at radius 3 is 2.74 bits per heavy atom. The molecule has 0 amide bonds. The molecule has 0 radical (unpaired) electrons. The minimum absolute atomic E-state index is 0.108. The summed E-state index contributed by atoms with van der Waals surface area (Å²) in [5.74, 6) is -0.272. The molecule has 0 aliphatic rings. The van der Waals surface area contributed by atoms with Crippen LogP contribution in [0.15, 0.2) is 41.7 Å². The van der Waals surface area contributed by atoms with Crippen LogP contribution in [0.25, 0.3) is 0 Å². The summed E-state index contributed by atoms with van der Waals surface area (Å²) in [6.45, 7) is 0. The summed E-state index contributed by atoms with van der Waals surface area (Å²) in [5, 5.41) is 8.58. The van der Waals surface area contributed by atoms with E-state index in [1.54, 1.807) is 6.07 Å². The van der Waals surface area contributed by atoms with E-state index in [0.29, 0.717) is 5.56 Å². The van der Waals surface area contributed by atoms with Crippen molar-refractivity contribution in [2.45, 2.75) is 10.8 Å². The Bertz CT molecular complexity index is 750. The van der Waals surface area contributed by atoms with Gasteiger partial charge in [0.05, 0.1) is 11.4 Å². The molecule has 0 saturated carbocycles. The molecule has 0 aliphatic carbocycles. The largest absolute Gasteiger partial charge is 0.396 e. The van der Waals surface area contributed by atoms with Gasteiger partial charge in [0.15, 0.2) is 5.03 Å². The summed E-state index contributed by atoms with van der Waals surface area (Å²) in [6.07, 6.45) is 2.77. The minimum atomic E-state index is -3.64. The van der Waals surface area contributed by atoms with Crippen LogP contribution in [0.5, 0.6) is 0 Å². The highest BCUT2D eigenvalue weighted by atomic mass is 32.2. The van der Waals surface area contributed by atoms with Crippen molar-refractivity contribution in [3.63, 3.8) is 0 Å². The quantitative estimate of drug-likeness (QED) is 0.890. The molecule has 0 aliphatic heterocycles. The molecule has 2 rings (SSSR count). The number of aromatic nitrogens is 2. The first kappa shape index (κ1) is 13.0. The molecule has 0 aromatic carbocycles. The number of anilines is 1. The summed E-state index contributed by atoms with van der Waals surface area (Å²) in [7, 11) is -3.64. The molecule has 0 saturated heterocycles. The Morgan fingerprint density at radius 2 is 2.05 bits per heavy atom. The summed E-state index contributed by atoms with van der Waals surface area (Å²) in [5.41, 5.74) is 6.36. The molecule has 19 heavy (non-hydrogen) atoms. The van der Waals surface area contributed by atoms with Gasteiger partial charge in [-0.25, -0.2) is 18.4 Å². The fourth-order valence-electron chi connectivity index (χ4n) is 1.58. The van der Waals surface area contributed by atoms with Gasteiger partial charge in [-0.15, -0.1) is 0 Å². The number of hydrogen-bond donors (Lipinski definition) is 1. The fraction of sp³-hybridized carbons (Fsp3) is 0.0833. The number of nitrogen functional groups attached to an aromatic ring is 1. The Morgan fingerprint density at radius 1 is 1.26 bits per heavy atom. The van der Waals surface area contributed by atoms with E-state index in [0.717, 1.165) is 0 Å². The Hall–Kier alpha value is -2.46. The van der Waals surface area contributed by atoms with Gasteiger partial charge in [0.25, 0.3) is 0 Å². The van der Waals surface area contributed by atoms with Gasteiger partial charge in [-0.3, -0.25) is 0 Å². The van der Waals surface area contributed by atoms with Crippen molar-refractivity contribution in [1.29, 1.82) is 5.26 Å². The van der Waals surface area contributed by atoms with Crippen LogP contribution >= 0.6 is 0 Å². The van der Waals surface area contributed by atoms with E-state index in [4.69, 9.17) is 11.0 Å². The molecule has 0 unspecified atom stereocenters. The lowest BCUT2D eigenvalue weighted by Gasteiger charge is -2.06. The van der Waals surface area contributed by atoms with Gasteiger partial charge in [-0.05, 0) is 29.8 Å². The van der Waals surface area contributed by atoms with E-state index in [1.165, 1.54) is 30.6 Å². The number of rotatable bonds is 3. The van der Waals surface area contributed by atoms with Crippen LogP contribution in [-0.4, -0.2) is 18.4 Å². The van der Waals surface area contributed by atoms with Gasteiger partial charge >= 0.3 is 0 Å². The zero-order valence-corrected chi connectivity index (χ0v) is 10.6. The molecule has 0 bridgehead atoms. The normalized spacial score (nSPS) is 10.9. The molecular weight excluding hydrogens is 264 g/mol. The Kier molecular flexibility index (Phi) is 3.44. The zero-order chi connectivity index (χ0) is 13.9. The fourth-order valence-corrected chi connectivity index (χ4v) is 2.98. The average Bonchev–Trinajstić information content (AvgIpc) is 2.38. The van der Waals surface area contributed by atoms with Gasteiger partial charge in [-0.2, -0.15) is 5.26 Å². The lowest BCUT2D eigenvalue weighted by Crippen LogP contribution is -2.10. The molecule has 2 heterocycles. The number of pyridine rings is 2. The van der Waals surface area contributed by atoms with Gasteiger partial charge in [0, 0.05) is 12.4 Å². The maximum absolute atomic E-state index is 12.2. The average molecular weight is 274 g/mol. The topological polar surface area (TPSA) is 110 Å². The molecule has 96 valence electrons. The van der Waals surface area contributed by atoms with Crippen molar-refractivity contribution in [3.05, 3.63) is 47.9 Å². The summed E-state index contributed by atoms with van der Waals surface area (Å²) in [4.78, 5) is 7.58. The van der Waals surface area contributed by atoms with E-state index >= 15 is 0 Å². The highest BCUT2D eigenvalue weighted by molar-refractivity contribution is 7.90. The minimum Gasteiger partial charge on any atom is -0.396 e. The molecule has 2 aromatic heterocycles. The van der Waals surface area contributed by atoms with Crippen molar-refractivity contribution in [2.24, 2.45) is 0 Å². The van der Waals surface area contributed by atoms with E-state index < -0.39 is 9.84 Å². The van der Waals surface area contributed by atoms with Crippen LogP contribution in [-0.2, 0) is 15.6 Å². The lowest BCUT2D eigenvalue weighted by molar-refractivity contribution is 0.592. The zero-order valence-electron chi connectivity index (χ0n) is 9.81. The standard InChI is InChI=1S/C12H10N4O2S/c13-7-10-6-9(3-5-15-10)8-19(17,18)12-11(14)2-1-4-16-12/h1-6H,8,14H2. The highest BCUT2D eigenvalue weighted by Gasteiger charge is 2.19. The third-order valence-electron chi connectivity index (χ3n) is 2.39. The number of nitriles is 1. The number of sulfone groups is 1. The van der Waals surface area contributed by atoms with Crippen LogP contribution in [0.4, 0.5) is 5.69 Å². The second-order valence-corrected chi connectivity index (χ2v) is 5.72. The van der Waals surface area contributed by atoms with E-state index in [-0.39, 0.29) is 22.2 Å². The molecule has 6 nitrogen and oxygen atoms in total. The summed E-state index contributed by atoms with van der Waals surface area (Å²) >= 11 is 0. The van der Waals surface area contributed by atoms with Gasteiger partial charge in [0.1, 0.15) is 11.8 Å². The SMILES string of the molecule is N#Cc1cc(CS(=O)(=O)c2ncccc2N)ccn1. The van der Waals surface area contributed by atoms with Crippen molar-refractivity contribution >= 4 is 15.5 Å². The monoisotopic (exact) mass is 274 g/mol. The van der Waals surface area contributed by atoms with Crippen LogP contribution in [0.1, 0.15) is 11.3 Å². The molecular formula is C12H10N4O2S. The lowest BCUT2D eigenvalue weighted by atomic mass is 10.2. The molecule has 7 heteroatoms. The summed E-state index contributed by atoms with van der Waals surface area (Å²) in [6, 6.07) is 7.87. The second-order valence-electron chi connectivity index (χ2n) is 3.82. The third-order valence-corrected chi connectivity index (χ3v) is 4.03. The van der Waals surface area contributed by atoms with Gasteiger partial charge in [0.2, 0.25) is 9.84 Å². The van der Waals surface area contributed by atoms with Crippen LogP contribution in [0.3, 0.4) is 0 Å². The van der Waals surface area contributed by atoms with Crippen LogP contribution < -0.4 is 5.73 Å². The van der Waals surface area contributed by atoms with Crippen molar-refractivity contribution in [1.82, 2.24) is 9.97 Å². The highest BCUT2D eigenvalue weighted by Crippen LogP contribution is 2.19. The number of hydrogen-bond acceptors (Lipinski definition) is 6. The first-order chi connectivity index (χ1) is 9.03. The predicted molar refractivity (Wildman–Crippen MR) is 68.5 cm³/mol. The smallest absolute Gasteiger partial charge is 0.201 e. The number of nitrogens with two attached hydrogens (primary N) is 1. The molecule has 0 atom stereocenters. The first-order valence-electron chi connectivity index (χ1n) is 5.31. The van der Waals surface area contributed by atoms with Crippen LogP contribution in [0, 0.1) is 11.3 Å². The van der Waals surface area contributed by atoms with Gasteiger partial charge < -0.3 is 5.73 Å². The van der Waals surface area contributed by atoms with Crippen molar-refractivity contribution in [3.8, 4) is 6.07 Å². The van der Waals surface area contributed by atoms with E-state index in [2.05, 4.69) is 9.97 Å². The number of nitrogens with zero attached hydrogens (tertiary/aromatic N) is 3. The Balaban J connectivity index is 2.37. The van der Waals surface area contributed by atoms with Crippen molar-refractivity contribution < 1.29 is 8.42 Å². The van der Waals surface area contributed by atoms with Crippen molar-refractivity contribution in [2.75, 3.05) is 5.73 Å². The van der Waals surface area contributed by atoms with E-state index in [9.17, 15) is 8.42 Å². The third kappa shape index (κ3) is 2.86. The molecule has 0 fully saturated rings. The molecule has 2 N–H and O–H groups in total. The second kappa shape index (κ2) is 5.04. The predicted octanol–water partition coefficient (Wildman–Crippen LogP) is 0.904. The first-order valence-corrected chi connectivity index (χ1v) is 6.96. The maximum Gasteiger partial charge on any atom is 0.201 e. The van der Waals surface area contributed by atoms with Gasteiger partial charge in [-0.1, -0.05) is 0 Å². The molecule has 2 aromatic rings.